The van der Waals surface area contributed by atoms with E-state index in [1.807, 2.05) is 13.8 Å². The monoisotopic (exact) mass is 418 g/mol. The number of fused-ring (bicyclic) bond motifs is 5. The molecule has 4 aliphatic rings. The lowest BCUT2D eigenvalue weighted by Crippen LogP contribution is -2.62. The highest BCUT2D eigenvalue weighted by Gasteiger charge is 2.64. The first kappa shape index (κ1) is 22.8. The molecule has 4 aliphatic carbocycles. The van der Waals surface area contributed by atoms with Crippen LogP contribution in [-0.2, 0) is 4.79 Å². The highest BCUT2D eigenvalue weighted by Crippen LogP contribution is 2.69. The van der Waals surface area contributed by atoms with Gasteiger partial charge < -0.3 is 10.2 Å². The summed E-state index contributed by atoms with van der Waals surface area (Å²) < 4.78 is 0. The summed E-state index contributed by atoms with van der Waals surface area (Å²) in [5, 5.41) is 21.6. The summed E-state index contributed by atoms with van der Waals surface area (Å²) in [6.45, 7) is 11.2. The number of hydrogen-bond acceptors (Lipinski definition) is 3. The van der Waals surface area contributed by atoms with Gasteiger partial charge in [0.1, 0.15) is 5.78 Å². The fraction of sp³-hybridized carbons (Fsp3) is 0.963. The first-order valence-electron chi connectivity index (χ1n) is 12.9. The normalized spacial score (nSPS) is 47.4. The molecule has 0 aliphatic heterocycles. The van der Waals surface area contributed by atoms with Gasteiger partial charge in [-0.2, -0.15) is 0 Å². The number of Topliss-reactive ketones (excluding diaryl/α,β-unsaturated/α-hetero) is 1. The molecule has 0 aromatic heterocycles. The fourth-order valence-corrected chi connectivity index (χ4v) is 9.07. The van der Waals surface area contributed by atoms with Gasteiger partial charge in [0.2, 0.25) is 0 Å². The molecule has 0 radical (unpaired) electrons. The molecule has 2 N–H and O–H groups in total. The minimum atomic E-state index is -0.750. The van der Waals surface area contributed by atoms with Crippen molar-refractivity contribution in [3.8, 4) is 0 Å². The number of ketones is 1. The average molecular weight is 419 g/mol. The van der Waals surface area contributed by atoms with E-state index in [1.165, 1.54) is 32.1 Å². The van der Waals surface area contributed by atoms with Gasteiger partial charge in [-0.15, -0.1) is 0 Å². The van der Waals surface area contributed by atoms with E-state index in [1.54, 1.807) is 0 Å². The molecule has 0 saturated heterocycles. The second kappa shape index (κ2) is 7.58. The lowest BCUT2D eigenvalue weighted by molar-refractivity contribution is -0.204. The standard InChI is InChI=1S/C27H46O3/c1-18(7-6-13-24(2,3)29)21-8-9-22-20-11-16-27(30)17-19(28)10-15-26(27,5)23(20)12-14-25(21,22)4/h18,20-23,29-30H,6-17H2,1-5H3/t18-,20+,21-,22+,23+,25-,26-,27-/m1/s1. The van der Waals surface area contributed by atoms with Crippen LogP contribution in [0, 0.1) is 40.4 Å². The van der Waals surface area contributed by atoms with Crippen LogP contribution in [0.3, 0.4) is 0 Å². The van der Waals surface area contributed by atoms with Crippen LogP contribution in [0.2, 0.25) is 0 Å². The zero-order chi connectivity index (χ0) is 21.9. The van der Waals surface area contributed by atoms with E-state index in [9.17, 15) is 15.0 Å². The molecule has 0 spiro atoms. The van der Waals surface area contributed by atoms with Crippen LogP contribution in [0.4, 0.5) is 0 Å². The molecule has 0 aromatic rings. The Morgan fingerprint density at radius 1 is 1.07 bits per heavy atom. The largest absolute Gasteiger partial charge is 0.390 e. The van der Waals surface area contributed by atoms with Crippen molar-refractivity contribution in [1.29, 1.82) is 0 Å². The van der Waals surface area contributed by atoms with Gasteiger partial charge in [-0.1, -0.05) is 33.6 Å². The van der Waals surface area contributed by atoms with Crippen LogP contribution in [0.25, 0.3) is 0 Å². The van der Waals surface area contributed by atoms with Crippen LogP contribution < -0.4 is 0 Å². The molecule has 4 saturated carbocycles. The summed E-state index contributed by atoms with van der Waals surface area (Å²) in [6, 6.07) is 0. The molecule has 0 amide bonds. The smallest absolute Gasteiger partial charge is 0.135 e. The molecule has 0 bridgehead atoms. The summed E-state index contributed by atoms with van der Waals surface area (Å²) in [4.78, 5) is 12.1. The number of hydrogen-bond donors (Lipinski definition) is 2. The minimum absolute atomic E-state index is 0.0679. The van der Waals surface area contributed by atoms with E-state index in [-0.39, 0.29) is 11.2 Å². The molecule has 0 unspecified atom stereocenters. The van der Waals surface area contributed by atoms with Crippen LogP contribution in [0.1, 0.15) is 112 Å². The van der Waals surface area contributed by atoms with Crippen molar-refractivity contribution < 1.29 is 15.0 Å². The van der Waals surface area contributed by atoms with Crippen molar-refractivity contribution in [2.24, 2.45) is 40.4 Å². The Morgan fingerprint density at radius 2 is 1.80 bits per heavy atom. The molecule has 3 nitrogen and oxygen atoms in total. The van der Waals surface area contributed by atoms with Gasteiger partial charge >= 0.3 is 0 Å². The Balaban J connectivity index is 1.48. The third-order valence-electron chi connectivity index (χ3n) is 10.8. The highest BCUT2D eigenvalue weighted by atomic mass is 16.3. The second-order valence-corrected chi connectivity index (χ2v) is 13.0. The topological polar surface area (TPSA) is 57.5 Å². The molecule has 30 heavy (non-hydrogen) atoms. The average Bonchev–Trinajstić information content (AvgIpc) is 2.99. The van der Waals surface area contributed by atoms with E-state index >= 15 is 0 Å². The van der Waals surface area contributed by atoms with Crippen molar-refractivity contribution in [2.45, 2.75) is 123 Å². The minimum Gasteiger partial charge on any atom is -0.390 e. The van der Waals surface area contributed by atoms with Crippen LogP contribution in [0.15, 0.2) is 0 Å². The maximum Gasteiger partial charge on any atom is 0.135 e. The van der Waals surface area contributed by atoms with Crippen molar-refractivity contribution in [3.63, 3.8) is 0 Å². The van der Waals surface area contributed by atoms with Crippen molar-refractivity contribution in [2.75, 3.05) is 0 Å². The van der Waals surface area contributed by atoms with Crippen LogP contribution in [-0.4, -0.2) is 27.2 Å². The molecule has 3 heteroatoms. The number of carbonyl (C=O) groups is 1. The highest BCUT2D eigenvalue weighted by molar-refractivity contribution is 5.80. The van der Waals surface area contributed by atoms with Gasteiger partial charge in [0.25, 0.3) is 0 Å². The first-order chi connectivity index (χ1) is 13.9. The predicted octanol–water partition coefficient (Wildman–Crippen LogP) is 5.91. The summed E-state index contributed by atoms with van der Waals surface area (Å²) in [5.41, 5.74) is -0.928. The van der Waals surface area contributed by atoms with Gasteiger partial charge in [-0.3, -0.25) is 4.79 Å². The molecule has 172 valence electrons. The molecule has 4 fully saturated rings. The summed E-state index contributed by atoms with van der Waals surface area (Å²) >= 11 is 0. The summed E-state index contributed by atoms with van der Waals surface area (Å²) in [7, 11) is 0. The Kier molecular flexibility index (Phi) is 5.75. The van der Waals surface area contributed by atoms with Gasteiger partial charge in [0.15, 0.2) is 0 Å². The van der Waals surface area contributed by atoms with Crippen LogP contribution >= 0.6 is 0 Å². The summed E-state index contributed by atoms with van der Waals surface area (Å²) in [5.74, 6) is 3.91. The Hall–Kier alpha value is -0.410. The van der Waals surface area contributed by atoms with Crippen LogP contribution in [0.5, 0.6) is 0 Å². The Labute approximate surface area is 184 Å². The van der Waals surface area contributed by atoms with Crippen molar-refractivity contribution >= 4 is 5.78 Å². The molecule has 4 rings (SSSR count). The van der Waals surface area contributed by atoms with Gasteiger partial charge in [0.05, 0.1) is 11.2 Å². The Morgan fingerprint density at radius 3 is 2.50 bits per heavy atom. The predicted molar refractivity (Wildman–Crippen MR) is 121 cm³/mol. The van der Waals surface area contributed by atoms with Gasteiger partial charge in [-0.05, 0) is 100 Å². The zero-order valence-electron chi connectivity index (χ0n) is 20.2. The molecule has 8 atom stereocenters. The quantitative estimate of drug-likeness (QED) is 0.584. The second-order valence-electron chi connectivity index (χ2n) is 13.0. The van der Waals surface area contributed by atoms with E-state index in [0.29, 0.717) is 24.2 Å². The third-order valence-corrected chi connectivity index (χ3v) is 10.8. The van der Waals surface area contributed by atoms with E-state index in [2.05, 4.69) is 20.8 Å². The van der Waals surface area contributed by atoms with Crippen molar-refractivity contribution in [3.05, 3.63) is 0 Å². The maximum atomic E-state index is 12.1. The molecule has 0 aromatic carbocycles. The third kappa shape index (κ3) is 3.60. The van der Waals surface area contributed by atoms with Gasteiger partial charge in [-0.25, -0.2) is 0 Å². The molecule has 0 heterocycles. The van der Waals surface area contributed by atoms with E-state index in [4.69, 9.17) is 0 Å². The maximum absolute atomic E-state index is 12.1. The lowest BCUT2D eigenvalue weighted by atomic mass is 9.43. The van der Waals surface area contributed by atoms with E-state index in [0.717, 1.165) is 55.8 Å². The molecular formula is C27H46O3. The van der Waals surface area contributed by atoms with Crippen molar-refractivity contribution in [1.82, 2.24) is 0 Å². The first-order valence-corrected chi connectivity index (χ1v) is 12.9. The van der Waals surface area contributed by atoms with E-state index < -0.39 is 11.2 Å². The SMILES string of the molecule is C[C@H](CCCC(C)(C)O)[C@H]1CC[C@H]2[C@@H]3CC[C@@]4(O)CC(=O)CC[C@]4(C)[C@H]3CC[C@]12C. The number of rotatable bonds is 5. The molecular weight excluding hydrogens is 372 g/mol. The van der Waals surface area contributed by atoms with Gasteiger partial charge in [0, 0.05) is 18.3 Å². The Bertz CT molecular complexity index is 666. The number of aliphatic hydroxyl groups is 2. The summed E-state index contributed by atoms with van der Waals surface area (Å²) in [6.07, 6.45) is 12.4. The zero-order valence-corrected chi connectivity index (χ0v) is 20.2. The fourth-order valence-electron chi connectivity index (χ4n) is 9.07. The lowest BCUT2D eigenvalue weighted by Gasteiger charge is -2.63. The number of carbonyl (C=O) groups excluding carboxylic acids is 1.